The normalized spacial score (nSPS) is 10.5. The van der Waals surface area contributed by atoms with E-state index in [9.17, 15) is 4.79 Å². The van der Waals surface area contributed by atoms with Gasteiger partial charge in [0, 0.05) is 22.7 Å². The smallest absolute Gasteiger partial charge is 0.272 e. The van der Waals surface area contributed by atoms with Crippen molar-refractivity contribution in [3.8, 4) is 0 Å². The predicted molar refractivity (Wildman–Crippen MR) is 81.7 cm³/mol. The van der Waals surface area contributed by atoms with Crippen molar-refractivity contribution in [2.75, 3.05) is 11.1 Å². The lowest BCUT2D eigenvalue weighted by Crippen LogP contribution is -2.15. The van der Waals surface area contributed by atoms with Gasteiger partial charge in [-0.2, -0.15) is 0 Å². The molecule has 100 valence electrons. The Bertz CT molecular complexity index is 652. The highest BCUT2D eigenvalue weighted by atomic mass is 79.9. The number of nitrogen functional groups attached to an aromatic ring is 1. The molecule has 2 rings (SSSR count). The van der Waals surface area contributed by atoms with Gasteiger partial charge in [-0.05, 0) is 46.6 Å². The highest BCUT2D eigenvalue weighted by molar-refractivity contribution is 9.10. The van der Waals surface area contributed by atoms with Gasteiger partial charge < -0.3 is 15.6 Å². The number of halogens is 2. The standard InChI is InChI=1S/C13H13BrClN3O/c1-7-3-9(14)11(5-10(7)15)17-13(19)12-4-8(16)6-18(12)2/h3-6H,16H2,1-2H3,(H,17,19). The second-order valence-electron chi connectivity index (χ2n) is 4.30. The minimum atomic E-state index is -0.236. The van der Waals surface area contributed by atoms with Crippen molar-refractivity contribution in [2.45, 2.75) is 6.92 Å². The van der Waals surface area contributed by atoms with Gasteiger partial charge in [0.05, 0.1) is 11.4 Å². The van der Waals surface area contributed by atoms with E-state index in [1.165, 1.54) is 0 Å². The summed E-state index contributed by atoms with van der Waals surface area (Å²) >= 11 is 9.45. The third-order valence-corrected chi connectivity index (χ3v) is 3.82. The van der Waals surface area contributed by atoms with Gasteiger partial charge in [0.1, 0.15) is 5.69 Å². The summed E-state index contributed by atoms with van der Waals surface area (Å²) in [5, 5.41) is 3.40. The Morgan fingerprint density at radius 3 is 2.68 bits per heavy atom. The van der Waals surface area contributed by atoms with Gasteiger partial charge >= 0.3 is 0 Å². The molecule has 1 heterocycles. The summed E-state index contributed by atoms with van der Waals surface area (Å²) in [6, 6.07) is 5.20. The number of nitrogens with one attached hydrogen (secondary N) is 1. The maximum absolute atomic E-state index is 12.1. The van der Waals surface area contributed by atoms with Crippen LogP contribution in [0.4, 0.5) is 11.4 Å². The molecule has 6 heteroatoms. The molecule has 1 amide bonds. The SMILES string of the molecule is Cc1cc(Br)c(NC(=O)c2cc(N)cn2C)cc1Cl. The number of nitrogens with two attached hydrogens (primary N) is 1. The number of aromatic nitrogens is 1. The van der Waals surface area contributed by atoms with Gasteiger partial charge in [-0.25, -0.2) is 0 Å². The highest BCUT2D eigenvalue weighted by Crippen LogP contribution is 2.29. The third-order valence-electron chi connectivity index (χ3n) is 2.76. The first-order valence-corrected chi connectivity index (χ1v) is 6.74. The number of hydrogen-bond acceptors (Lipinski definition) is 2. The third kappa shape index (κ3) is 2.93. The molecule has 0 fully saturated rings. The Morgan fingerprint density at radius 1 is 1.42 bits per heavy atom. The van der Waals surface area contributed by atoms with Gasteiger partial charge in [0.25, 0.3) is 5.91 Å². The van der Waals surface area contributed by atoms with Crippen molar-refractivity contribution in [3.05, 3.63) is 45.1 Å². The molecule has 0 radical (unpaired) electrons. The number of carbonyl (C=O) groups excluding carboxylic acids is 1. The molecule has 0 aliphatic heterocycles. The van der Waals surface area contributed by atoms with Gasteiger partial charge in [-0.1, -0.05) is 11.6 Å². The van der Waals surface area contributed by atoms with E-state index < -0.39 is 0 Å². The summed E-state index contributed by atoms with van der Waals surface area (Å²) in [5.74, 6) is -0.236. The molecule has 0 atom stereocenters. The molecule has 0 saturated heterocycles. The van der Waals surface area contributed by atoms with Gasteiger partial charge in [-0.15, -0.1) is 0 Å². The van der Waals surface area contributed by atoms with E-state index in [1.54, 1.807) is 29.9 Å². The van der Waals surface area contributed by atoms with Crippen LogP contribution in [0.15, 0.2) is 28.9 Å². The summed E-state index contributed by atoms with van der Waals surface area (Å²) in [5.41, 5.74) is 8.25. The van der Waals surface area contributed by atoms with Crippen molar-refractivity contribution < 1.29 is 4.79 Å². The second-order valence-corrected chi connectivity index (χ2v) is 5.57. The Kier molecular flexibility index (Phi) is 3.87. The molecule has 0 aliphatic carbocycles. The van der Waals surface area contributed by atoms with Crippen LogP contribution in [0.5, 0.6) is 0 Å². The lowest BCUT2D eigenvalue weighted by molar-refractivity contribution is 0.101. The van der Waals surface area contributed by atoms with E-state index in [0.717, 1.165) is 10.0 Å². The Labute approximate surface area is 124 Å². The maximum atomic E-state index is 12.1. The molecule has 0 saturated carbocycles. The van der Waals surface area contributed by atoms with Crippen LogP contribution >= 0.6 is 27.5 Å². The molecule has 19 heavy (non-hydrogen) atoms. The molecule has 4 nitrogen and oxygen atoms in total. The number of anilines is 2. The van der Waals surface area contributed by atoms with Crippen LogP contribution in [0.3, 0.4) is 0 Å². The summed E-state index contributed by atoms with van der Waals surface area (Å²) in [7, 11) is 1.77. The first kappa shape index (κ1) is 14.0. The van der Waals surface area contributed by atoms with E-state index in [0.29, 0.717) is 22.1 Å². The number of hydrogen-bond donors (Lipinski definition) is 2. The van der Waals surface area contributed by atoms with E-state index in [4.69, 9.17) is 17.3 Å². The number of carbonyl (C=O) groups is 1. The second kappa shape index (κ2) is 5.27. The van der Waals surface area contributed by atoms with Crippen molar-refractivity contribution in [2.24, 2.45) is 7.05 Å². The molecule has 0 unspecified atom stereocenters. The minimum Gasteiger partial charge on any atom is -0.397 e. The predicted octanol–water partition coefficient (Wildman–Crippen LogP) is 3.58. The van der Waals surface area contributed by atoms with Crippen molar-refractivity contribution >= 4 is 44.8 Å². The molecule has 2 aromatic rings. The molecule has 0 spiro atoms. The van der Waals surface area contributed by atoms with Crippen LogP contribution in [0.25, 0.3) is 0 Å². The zero-order valence-corrected chi connectivity index (χ0v) is 12.8. The van der Waals surface area contributed by atoms with Crippen LogP contribution in [0.1, 0.15) is 16.1 Å². The molecule has 0 aliphatic rings. The average Bonchev–Trinajstić information content (AvgIpc) is 2.65. The van der Waals surface area contributed by atoms with Gasteiger partial charge in [0.2, 0.25) is 0 Å². The summed E-state index contributed by atoms with van der Waals surface area (Å²) < 4.78 is 2.46. The summed E-state index contributed by atoms with van der Waals surface area (Å²) in [6.45, 7) is 1.90. The number of nitrogens with zero attached hydrogens (tertiary/aromatic N) is 1. The average molecular weight is 343 g/mol. The number of amides is 1. The summed E-state index contributed by atoms with van der Waals surface area (Å²) in [4.78, 5) is 12.1. The maximum Gasteiger partial charge on any atom is 0.272 e. The van der Waals surface area contributed by atoms with Crippen LogP contribution in [-0.2, 0) is 7.05 Å². The molecule has 0 bridgehead atoms. The quantitative estimate of drug-likeness (QED) is 0.876. The highest BCUT2D eigenvalue weighted by Gasteiger charge is 2.13. The first-order chi connectivity index (χ1) is 8.88. The van der Waals surface area contributed by atoms with Gasteiger partial charge in [0.15, 0.2) is 0 Å². The fourth-order valence-corrected chi connectivity index (χ4v) is 2.46. The van der Waals surface area contributed by atoms with E-state index in [1.807, 2.05) is 13.0 Å². The fraction of sp³-hybridized carbons (Fsp3) is 0.154. The van der Waals surface area contributed by atoms with Crippen molar-refractivity contribution in [1.29, 1.82) is 0 Å². The van der Waals surface area contributed by atoms with Crippen LogP contribution in [0.2, 0.25) is 5.02 Å². The van der Waals surface area contributed by atoms with Crippen molar-refractivity contribution in [3.63, 3.8) is 0 Å². The Balaban J connectivity index is 2.29. The lowest BCUT2D eigenvalue weighted by Gasteiger charge is -2.10. The number of benzene rings is 1. The van der Waals surface area contributed by atoms with E-state index >= 15 is 0 Å². The lowest BCUT2D eigenvalue weighted by atomic mass is 10.2. The van der Waals surface area contributed by atoms with Gasteiger partial charge in [-0.3, -0.25) is 4.79 Å². The molecule has 1 aromatic heterocycles. The minimum absolute atomic E-state index is 0.236. The Morgan fingerprint density at radius 2 is 2.11 bits per heavy atom. The van der Waals surface area contributed by atoms with Crippen LogP contribution in [0, 0.1) is 6.92 Å². The zero-order chi connectivity index (χ0) is 14.2. The first-order valence-electron chi connectivity index (χ1n) is 5.57. The number of rotatable bonds is 2. The monoisotopic (exact) mass is 341 g/mol. The topological polar surface area (TPSA) is 60.1 Å². The van der Waals surface area contributed by atoms with E-state index in [-0.39, 0.29) is 5.91 Å². The Hall–Kier alpha value is -1.46. The fourth-order valence-electron chi connectivity index (χ4n) is 1.74. The molecular formula is C13H13BrClN3O. The summed E-state index contributed by atoms with van der Waals surface area (Å²) in [6.07, 6.45) is 1.69. The zero-order valence-electron chi connectivity index (χ0n) is 10.5. The van der Waals surface area contributed by atoms with Crippen LogP contribution < -0.4 is 11.1 Å². The molecule has 1 aromatic carbocycles. The molecule has 3 N–H and O–H groups in total. The van der Waals surface area contributed by atoms with E-state index in [2.05, 4.69) is 21.2 Å². The van der Waals surface area contributed by atoms with Crippen molar-refractivity contribution in [1.82, 2.24) is 4.57 Å². The number of aryl methyl sites for hydroxylation is 2. The van der Waals surface area contributed by atoms with Crippen LogP contribution in [-0.4, -0.2) is 10.5 Å². The largest absolute Gasteiger partial charge is 0.397 e. The molecular weight excluding hydrogens is 330 g/mol.